The minimum atomic E-state index is 0.282. The van der Waals surface area contributed by atoms with Crippen LogP contribution in [0, 0.1) is 25.7 Å². The average molecular weight is 393 g/mol. The minimum Gasteiger partial charge on any atom is -0.490 e. The maximum Gasteiger partial charge on any atom is 0.149 e. The van der Waals surface area contributed by atoms with Gasteiger partial charge in [-0.3, -0.25) is 0 Å². The quantitative estimate of drug-likeness (QED) is 0.268. The third-order valence-electron chi connectivity index (χ3n) is 3.91. The normalized spacial score (nSPS) is 10.6. The lowest BCUT2D eigenvalue weighted by Crippen LogP contribution is -2.01. The van der Waals surface area contributed by atoms with Gasteiger partial charge in [-0.2, -0.15) is 0 Å². The number of ether oxygens (including phenoxy) is 3. The van der Waals surface area contributed by atoms with Gasteiger partial charge in [0.05, 0.1) is 6.21 Å². The Bertz CT molecular complexity index is 884. The van der Waals surface area contributed by atoms with Gasteiger partial charge < -0.3 is 19.0 Å². The van der Waals surface area contributed by atoms with Crippen molar-refractivity contribution < 1.29 is 19.0 Å². The standard InChI is InChI=1S/C24H27NO4/c1-5-6-12-28-23-15-19(2)24(20(3)16-23)29-14-8-7-13-27-22-11-9-10-21(17-22)18-25-26-4/h5-6,9-11,15-18H,12-14H2,1-4H3/b6-5+,25-18?. The molecule has 2 rings (SSSR count). The number of hydrogen-bond acceptors (Lipinski definition) is 5. The Morgan fingerprint density at radius 2 is 1.66 bits per heavy atom. The predicted octanol–water partition coefficient (Wildman–Crippen LogP) is 4.70. The molecule has 152 valence electrons. The zero-order valence-corrected chi connectivity index (χ0v) is 17.4. The lowest BCUT2D eigenvalue weighted by Gasteiger charge is -2.12. The van der Waals surface area contributed by atoms with E-state index in [9.17, 15) is 0 Å². The molecule has 0 aromatic heterocycles. The van der Waals surface area contributed by atoms with Crippen LogP contribution in [-0.4, -0.2) is 33.1 Å². The van der Waals surface area contributed by atoms with E-state index in [1.165, 1.54) is 7.11 Å². The van der Waals surface area contributed by atoms with Crippen LogP contribution < -0.4 is 14.2 Å². The third-order valence-corrected chi connectivity index (χ3v) is 3.91. The van der Waals surface area contributed by atoms with Crippen molar-refractivity contribution in [2.24, 2.45) is 5.16 Å². The Hall–Kier alpha value is -3.39. The molecule has 0 aliphatic heterocycles. The van der Waals surface area contributed by atoms with E-state index in [4.69, 9.17) is 14.2 Å². The molecule has 0 aliphatic carbocycles. The first-order chi connectivity index (χ1) is 14.1. The monoisotopic (exact) mass is 393 g/mol. The Balaban J connectivity index is 1.83. The van der Waals surface area contributed by atoms with Gasteiger partial charge in [0.25, 0.3) is 0 Å². The predicted molar refractivity (Wildman–Crippen MR) is 116 cm³/mol. The van der Waals surface area contributed by atoms with E-state index in [2.05, 4.69) is 21.8 Å². The summed E-state index contributed by atoms with van der Waals surface area (Å²) in [5.41, 5.74) is 2.94. The smallest absolute Gasteiger partial charge is 0.149 e. The van der Waals surface area contributed by atoms with Crippen molar-refractivity contribution in [1.29, 1.82) is 0 Å². The molecule has 0 N–H and O–H groups in total. The zero-order valence-electron chi connectivity index (χ0n) is 17.4. The van der Waals surface area contributed by atoms with E-state index in [1.54, 1.807) is 6.21 Å². The second kappa shape index (κ2) is 12.1. The van der Waals surface area contributed by atoms with Gasteiger partial charge >= 0.3 is 0 Å². The van der Waals surface area contributed by atoms with E-state index < -0.39 is 0 Å². The zero-order chi connectivity index (χ0) is 20.9. The van der Waals surface area contributed by atoms with Gasteiger partial charge in [0.15, 0.2) is 0 Å². The maximum absolute atomic E-state index is 5.83. The molecule has 0 saturated heterocycles. The molecule has 0 unspecified atom stereocenters. The summed E-state index contributed by atoms with van der Waals surface area (Å²) in [7, 11) is 1.50. The van der Waals surface area contributed by atoms with Gasteiger partial charge in [-0.15, -0.1) is 0 Å². The van der Waals surface area contributed by atoms with E-state index in [-0.39, 0.29) is 6.61 Å². The number of benzene rings is 2. The highest BCUT2D eigenvalue weighted by Crippen LogP contribution is 2.28. The van der Waals surface area contributed by atoms with E-state index >= 15 is 0 Å². The summed E-state index contributed by atoms with van der Waals surface area (Å²) in [6.45, 7) is 7.11. The maximum atomic E-state index is 5.83. The second-order valence-corrected chi connectivity index (χ2v) is 6.19. The number of allylic oxidation sites excluding steroid dienone is 1. The first-order valence-electron chi connectivity index (χ1n) is 9.37. The molecule has 2 aromatic rings. The van der Waals surface area contributed by atoms with Crippen LogP contribution >= 0.6 is 0 Å². The van der Waals surface area contributed by atoms with Crippen LogP contribution in [0.5, 0.6) is 17.2 Å². The molecular weight excluding hydrogens is 366 g/mol. The molecule has 0 spiro atoms. The minimum absolute atomic E-state index is 0.282. The molecule has 0 atom stereocenters. The van der Waals surface area contributed by atoms with Gasteiger partial charge in [-0.25, -0.2) is 0 Å². The van der Waals surface area contributed by atoms with E-state index in [1.807, 2.05) is 69.3 Å². The SMILES string of the molecule is C/C=C/COc1cc(C)c(OCC#CCOc2cccc(C=NOC)c2)c(C)c1. The van der Waals surface area contributed by atoms with Crippen LogP contribution in [-0.2, 0) is 4.84 Å². The topological polar surface area (TPSA) is 49.3 Å². The molecule has 5 nitrogen and oxygen atoms in total. The highest BCUT2D eigenvalue weighted by atomic mass is 16.6. The lowest BCUT2D eigenvalue weighted by molar-refractivity contribution is 0.215. The number of hydrogen-bond donors (Lipinski definition) is 0. The van der Waals surface area contributed by atoms with Crippen molar-refractivity contribution in [2.45, 2.75) is 20.8 Å². The van der Waals surface area contributed by atoms with Crippen molar-refractivity contribution in [1.82, 2.24) is 0 Å². The van der Waals surface area contributed by atoms with Gasteiger partial charge in [0, 0.05) is 0 Å². The van der Waals surface area contributed by atoms with Crippen LogP contribution in [0.1, 0.15) is 23.6 Å². The van der Waals surface area contributed by atoms with Crippen LogP contribution in [0.25, 0.3) is 0 Å². The Kier molecular flexibility index (Phi) is 9.17. The van der Waals surface area contributed by atoms with Gasteiger partial charge in [0.2, 0.25) is 0 Å². The average Bonchev–Trinajstić information content (AvgIpc) is 2.71. The van der Waals surface area contributed by atoms with Gasteiger partial charge in [-0.05, 0) is 61.7 Å². The van der Waals surface area contributed by atoms with Crippen molar-refractivity contribution in [3.8, 4) is 29.1 Å². The van der Waals surface area contributed by atoms with Crippen molar-refractivity contribution in [3.63, 3.8) is 0 Å². The summed E-state index contributed by atoms with van der Waals surface area (Å²) in [4.78, 5) is 4.68. The summed E-state index contributed by atoms with van der Waals surface area (Å²) in [6.07, 6.45) is 5.55. The van der Waals surface area contributed by atoms with E-state index in [0.717, 1.165) is 33.9 Å². The fraction of sp³-hybridized carbons (Fsp3) is 0.292. The number of oxime groups is 1. The molecule has 29 heavy (non-hydrogen) atoms. The molecule has 0 bridgehead atoms. The molecule has 0 amide bonds. The molecule has 0 radical (unpaired) electrons. The van der Waals surface area contributed by atoms with Crippen molar-refractivity contribution >= 4 is 6.21 Å². The highest BCUT2D eigenvalue weighted by Gasteiger charge is 2.06. The summed E-state index contributed by atoms with van der Waals surface area (Å²) < 4.78 is 17.2. The van der Waals surface area contributed by atoms with Crippen LogP contribution in [0.3, 0.4) is 0 Å². The van der Waals surface area contributed by atoms with Gasteiger partial charge in [0.1, 0.15) is 44.2 Å². The van der Waals surface area contributed by atoms with Crippen molar-refractivity contribution in [3.05, 3.63) is 65.2 Å². The largest absolute Gasteiger partial charge is 0.490 e. The first kappa shape index (κ1) is 21.9. The molecule has 5 heteroatoms. The highest BCUT2D eigenvalue weighted by molar-refractivity contribution is 5.79. The Morgan fingerprint density at radius 3 is 2.34 bits per heavy atom. The van der Waals surface area contributed by atoms with E-state index in [0.29, 0.717) is 13.2 Å². The molecule has 0 fully saturated rings. The first-order valence-corrected chi connectivity index (χ1v) is 9.37. The van der Waals surface area contributed by atoms with Gasteiger partial charge in [-0.1, -0.05) is 41.3 Å². The van der Waals surface area contributed by atoms with Crippen molar-refractivity contribution in [2.75, 3.05) is 26.9 Å². The summed E-state index contributed by atoms with van der Waals surface area (Å²) in [5, 5.41) is 3.73. The Morgan fingerprint density at radius 1 is 0.931 bits per heavy atom. The molecular formula is C24H27NO4. The number of rotatable bonds is 9. The molecule has 0 aliphatic rings. The lowest BCUT2D eigenvalue weighted by atomic mass is 10.1. The number of aryl methyl sites for hydroxylation is 2. The van der Waals surface area contributed by atoms with Crippen LogP contribution in [0.2, 0.25) is 0 Å². The summed E-state index contributed by atoms with van der Waals surface area (Å²) >= 11 is 0. The Labute approximate surface area is 172 Å². The second-order valence-electron chi connectivity index (χ2n) is 6.19. The van der Waals surface area contributed by atoms with Crippen LogP contribution in [0.4, 0.5) is 0 Å². The summed E-state index contributed by atoms with van der Waals surface area (Å²) in [5.74, 6) is 8.34. The molecule has 0 saturated carbocycles. The fourth-order valence-electron chi connectivity index (χ4n) is 2.59. The fourth-order valence-corrected chi connectivity index (χ4v) is 2.59. The summed E-state index contributed by atoms with van der Waals surface area (Å²) in [6, 6.07) is 11.5. The molecule has 2 aromatic carbocycles. The van der Waals surface area contributed by atoms with Crippen LogP contribution in [0.15, 0.2) is 53.7 Å². The molecule has 0 heterocycles. The number of nitrogens with zero attached hydrogens (tertiary/aromatic N) is 1. The third kappa shape index (κ3) is 7.63.